The monoisotopic (exact) mass is 375 g/mol. The van der Waals surface area contributed by atoms with Crippen molar-refractivity contribution in [3.63, 3.8) is 0 Å². The zero-order valence-electron chi connectivity index (χ0n) is 16.6. The molecule has 1 fully saturated rings. The molecule has 0 unspecified atom stereocenters. The van der Waals surface area contributed by atoms with Crippen molar-refractivity contribution in [1.29, 1.82) is 0 Å². The number of nitrogens with zero attached hydrogens (tertiary/aromatic N) is 1. The minimum atomic E-state index is -0.583. The van der Waals surface area contributed by atoms with E-state index in [1.54, 1.807) is 13.2 Å². The highest BCUT2D eigenvalue weighted by Crippen LogP contribution is 2.28. The molecule has 0 N–H and O–H groups in total. The summed E-state index contributed by atoms with van der Waals surface area (Å²) in [6.45, 7) is 5.45. The van der Waals surface area contributed by atoms with E-state index >= 15 is 0 Å². The molecule has 1 aromatic carbocycles. The highest BCUT2D eigenvalue weighted by atomic mass is 16.6. The van der Waals surface area contributed by atoms with E-state index in [-0.39, 0.29) is 31.2 Å². The number of amides is 1. The van der Waals surface area contributed by atoms with Gasteiger partial charge in [-0.1, -0.05) is 18.2 Å². The molecule has 148 valence electrons. The molecule has 1 amide bonds. The second kappa shape index (κ2) is 10.00. The number of likely N-dealkylation sites (tertiary alicyclic amines) is 1. The molecule has 0 aromatic heterocycles. The molecule has 6 heteroatoms. The minimum Gasteiger partial charge on any atom is -0.493 e. The summed E-state index contributed by atoms with van der Waals surface area (Å²) in [6.07, 6.45) is 6.95. The SMILES string of the molecule is C/C=C/c1ccc(OCC(=O)OCC(=O)N2[C@H](C)CCC[C@@H]2C)c(OC)c1. The number of carbonyl (C=O) groups excluding carboxylic acids is 2. The summed E-state index contributed by atoms with van der Waals surface area (Å²) in [5.74, 6) is 0.245. The molecule has 0 spiro atoms. The highest BCUT2D eigenvalue weighted by molar-refractivity contribution is 5.81. The van der Waals surface area contributed by atoms with Crippen molar-refractivity contribution in [2.24, 2.45) is 0 Å². The lowest BCUT2D eigenvalue weighted by Crippen LogP contribution is -2.49. The summed E-state index contributed by atoms with van der Waals surface area (Å²) in [4.78, 5) is 26.2. The standard InChI is InChI=1S/C21H29NO5/c1-5-7-17-10-11-18(19(12-17)25-4)26-14-21(24)27-13-20(23)22-15(2)8-6-9-16(22)3/h5,7,10-12,15-16H,6,8-9,13-14H2,1-4H3/b7-5+/t15-,16+. The average Bonchev–Trinajstić information content (AvgIpc) is 2.65. The molecule has 2 rings (SSSR count). The first kappa shape index (κ1) is 20.8. The van der Waals surface area contributed by atoms with Crippen molar-refractivity contribution >= 4 is 18.0 Å². The Morgan fingerprint density at radius 1 is 1.15 bits per heavy atom. The smallest absolute Gasteiger partial charge is 0.344 e. The fraction of sp³-hybridized carbons (Fsp3) is 0.524. The van der Waals surface area contributed by atoms with Gasteiger partial charge in [0.2, 0.25) is 0 Å². The largest absolute Gasteiger partial charge is 0.493 e. The van der Waals surface area contributed by atoms with Crippen molar-refractivity contribution in [1.82, 2.24) is 4.90 Å². The summed E-state index contributed by atoms with van der Waals surface area (Å²) >= 11 is 0. The van der Waals surface area contributed by atoms with Gasteiger partial charge in [-0.05, 0) is 57.7 Å². The van der Waals surface area contributed by atoms with E-state index < -0.39 is 5.97 Å². The fourth-order valence-corrected chi connectivity index (χ4v) is 3.41. The minimum absolute atomic E-state index is 0.156. The van der Waals surface area contributed by atoms with Gasteiger partial charge in [0.05, 0.1) is 7.11 Å². The lowest BCUT2D eigenvalue weighted by atomic mass is 9.97. The quantitative estimate of drug-likeness (QED) is 0.683. The lowest BCUT2D eigenvalue weighted by molar-refractivity contribution is -0.156. The molecular formula is C21H29NO5. The number of ether oxygens (including phenoxy) is 3. The van der Waals surface area contributed by atoms with Crippen molar-refractivity contribution < 1.29 is 23.8 Å². The van der Waals surface area contributed by atoms with Gasteiger partial charge in [0.25, 0.3) is 5.91 Å². The van der Waals surface area contributed by atoms with Gasteiger partial charge in [-0.25, -0.2) is 4.79 Å². The Bertz CT molecular complexity index is 675. The summed E-state index contributed by atoms with van der Waals surface area (Å²) in [6, 6.07) is 5.78. The Morgan fingerprint density at radius 2 is 1.85 bits per heavy atom. The Kier molecular flexibility index (Phi) is 7.70. The molecule has 1 heterocycles. The molecule has 1 aromatic rings. The predicted molar refractivity (Wildman–Crippen MR) is 104 cm³/mol. The Labute approximate surface area is 161 Å². The van der Waals surface area contributed by atoms with Gasteiger partial charge in [0.1, 0.15) is 0 Å². The Balaban J connectivity index is 1.85. The topological polar surface area (TPSA) is 65.1 Å². The van der Waals surface area contributed by atoms with Crippen LogP contribution in [0.5, 0.6) is 11.5 Å². The zero-order valence-corrected chi connectivity index (χ0v) is 16.6. The van der Waals surface area contributed by atoms with Gasteiger partial charge >= 0.3 is 5.97 Å². The van der Waals surface area contributed by atoms with E-state index in [0.29, 0.717) is 11.5 Å². The van der Waals surface area contributed by atoms with Gasteiger partial charge in [-0.3, -0.25) is 4.79 Å². The Hall–Kier alpha value is -2.50. The maximum absolute atomic E-state index is 12.4. The first-order valence-corrected chi connectivity index (χ1v) is 9.36. The number of hydrogen-bond donors (Lipinski definition) is 0. The van der Waals surface area contributed by atoms with Gasteiger partial charge in [-0.15, -0.1) is 0 Å². The van der Waals surface area contributed by atoms with Crippen molar-refractivity contribution in [3.05, 3.63) is 29.8 Å². The van der Waals surface area contributed by atoms with E-state index in [9.17, 15) is 9.59 Å². The van der Waals surface area contributed by atoms with Crippen LogP contribution in [0, 0.1) is 0 Å². The van der Waals surface area contributed by atoms with Gasteiger partial charge in [0, 0.05) is 12.1 Å². The van der Waals surface area contributed by atoms with Crippen molar-refractivity contribution in [2.45, 2.75) is 52.1 Å². The number of rotatable bonds is 7. The maximum Gasteiger partial charge on any atom is 0.344 e. The molecule has 1 aliphatic rings. The summed E-state index contributed by atoms with van der Waals surface area (Å²) < 4.78 is 15.9. The van der Waals surface area contributed by atoms with Gasteiger partial charge in [0.15, 0.2) is 24.7 Å². The van der Waals surface area contributed by atoms with Crippen LogP contribution in [0.25, 0.3) is 6.08 Å². The predicted octanol–water partition coefficient (Wildman–Crippen LogP) is 3.44. The van der Waals surface area contributed by atoms with Crippen molar-refractivity contribution in [3.8, 4) is 11.5 Å². The van der Waals surface area contributed by atoms with Gasteiger partial charge < -0.3 is 19.1 Å². The summed E-state index contributed by atoms with van der Waals surface area (Å²) in [5.41, 5.74) is 0.972. The molecule has 0 saturated carbocycles. The summed E-state index contributed by atoms with van der Waals surface area (Å²) in [7, 11) is 1.54. The third-order valence-corrected chi connectivity index (χ3v) is 4.73. The van der Waals surface area contributed by atoms with E-state index in [2.05, 4.69) is 0 Å². The number of benzene rings is 1. The molecule has 1 aliphatic heterocycles. The van der Waals surface area contributed by atoms with Crippen LogP contribution in [0.1, 0.15) is 45.6 Å². The molecule has 0 bridgehead atoms. The third kappa shape index (κ3) is 5.74. The van der Waals surface area contributed by atoms with Crippen LogP contribution < -0.4 is 9.47 Å². The number of esters is 1. The van der Waals surface area contributed by atoms with Crippen molar-refractivity contribution in [2.75, 3.05) is 20.3 Å². The average molecular weight is 375 g/mol. The summed E-state index contributed by atoms with van der Waals surface area (Å²) in [5, 5.41) is 0. The molecule has 6 nitrogen and oxygen atoms in total. The number of piperidine rings is 1. The molecule has 0 radical (unpaired) electrons. The van der Waals surface area contributed by atoms with Crippen LogP contribution in [0.3, 0.4) is 0 Å². The van der Waals surface area contributed by atoms with Crippen LogP contribution in [0.4, 0.5) is 0 Å². The van der Waals surface area contributed by atoms with Gasteiger partial charge in [-0.2, -0.15) is 0 Å². The fourth-order valence-electron chi connectivity index (χ4n) is 3.41. The molecule has 1 saturated heterocycles. The third-order valence-electron chi connectivity index (χ3n) is 4.73. The van der Waals surface area contributed by atoms with Crippen LogP contribution in [0.2, 0.25) is 0 Å². The van der Waals surface area contributed by atoms with E-state index in [1.807, 2.05) is 50.0 Å². The molecule has 2 atom stereocenters. The van der Waals surface area contributed by atoms with Crippen LogP contribution in [-0.2, 0) is 14.3 Å². The van der Waals surface area contributed by atoms with E-state index in [4.69, 9.17) is 14.2 Å². The number of methoxy groups -OCH3 is 1. The highest BCUT2D eigenvalue weighted by Gasteiger charge is 2.29. The number of carbonyl (C=O) groups is 2. The lowest BCUT2D eigenvalue weighted by Gasteiger charge is -2.38. The van der Waals surface area contributed by atoms with Crippen LogP contribution in [-0.4, -0.2) is 49.2 Å². The second-order valence-corrected chi connectivity index (χ2v) is 6.79. The second-order valence-electron chi connectivity index (χ2n) is 6.79. The normalized spacial score (nSPS) is 19.8. The molecule has 27 heavy (non-hydrogen) atoms. The first-order valence-electron chi connectivity index (χ1n) is 9.36. The zero-order chi connectivity index (χ0) is 19.8. The first-order chi connectivity index (χ1) is 13.0. The molecular weight excluding hydrogens is 346 g/mol. The van der Waals surface area contributed by atoms with Crippen LogP contribution in [0.15, 0.2) is 24.3 Å². The van der Waals surface area contributed by atoms with E-state index in [0.717, 1.165) is 24.8 Å². The Morgan fingerprint density at radius 3 is 2.48 bits per heavy atom. The van der Waals surface area contributed by atoms with E-state index in [1.165, 1.54) is 0 Å². The van der Waals surface area contributed by atoms with Crippen LogP contribution >= 0.6 is 0 Å². The molecule has 0 aliphatic carbocycles. The number of allylic oxidation sites excluding steroid dienone is 1. The maximum atomic E-state index is 12.4. The number of hydrogen-bond acceptors (Lipinski definition) is 5.